The molecule has 0 amide bonds. The molecule has 1 aliphatic rings. The standard InChI is InChI=1S/C27H26FNO2/c28-26-11-5-4-10-24(26)27(30)25(22-8-2-1-3-9-22)20-21-12-14-23(15-13-21)31-19-18-29-16-6-7-17-29/h1-5,8-15,20H,6-7,16-19H2/b25-20+. The van der Waals surface area contributed by atoms with Crippen LogP contribution in [0.5, 0.6) is 5.75 Å². The Kier molecular flexibility index (Phi) is 6.90. The Labute approximate surface area is 182 Å². The van der Waals surface area contributed by atoms with Crippen molar-refractivity contribution < 1.29 is 13.9 Å². The fraction of sp³-hybridized carbons (Fsp3) is 0.222. The van der Waals surface area contributed by atoms with Crippen LogP contribution in [0.25, 0.3) is 11.6 Å². The lowest BCUT2D eigenvalue weighted by atomic mass is 9.94. The van der Waals surface area contributed by atoms with Crippen molar-refractivity contribution in [2.75, 3.05) is 26.2 Å². The first kappa shape index (κ1) is 21.0. The Hall–Kier alpha value is -3.24. The van der Waals surface area contributed by atoms with Crippen LogP contribution >= 0.6 is 0 Å². The largest absolute Gasteiger partial charge is 0.492 e. The summed E-state index contributed by atoms with van der Waals surface area (Å²) in [7, 11) is 0. The van der Waals surface area contributed by atoms with Crippen LogP contribution < -0.4 is 4.74 Å². The van der Waals surface area contributed by atoms with Gasteiger partial charge >= 0.3 is 0 Å². The SMILES string of the molecule is O=C(/C(=C/c1ccc(OCCN2CCCC2)cc1)c1ccccc1)c1ccccc1F. The third-order valence-corrected chi connectivity index (χ3v) is 5.51. The highest BCUT2D eigenvalue weighted by molar-refractivity contribution is 6.32. The van der Waals surface area contributed by atoms with E-state index in [1.165, 1.54) is 25.0 Å². The highest BCUT2D eigenvalue weighted by Crippen LogP contribution is 2.25. The molecule has 3 aromatic carbocycles. The van der Waals surface area contributed by atoms with E-state index in [9.17, 15) is 9.18 Å². The van der Waals surface area contributed by atoms with Gasteiger partial charge in [0, 0.05) is 12.1 Å². The van der Waals surface area contributed by atoms with E-state index in [0.717, 1.165) is 36.5 Å². The Morgan fingerprint density at radius 3 is 2.29 bits per heavy atom. The van der Waals surface area contributed by atoms with Gasteiger partial charge in [0.25, 0.3) is 0 Å². The van der Waals surface area contributed by atoms with Crippen molar-refractivity contribution in [2.45, 2.75) is 12.8 Å². The number of ketones is 1. The number of hydrogen-bond donors (Lipinski definition) is 0. The predicted molar refractivity (Wildman–Crippen MR) is 123 cm³/mol. The molecule has 4 rings (SSSR count). The molecule has 1 saturated heterocycles. The van der Waals surface area contributed by atoms with Crippen LogP contribution in [0.3, 0.4) is 0 Å². The number of allylic oxidation sites excluding steroid dienone is 1. The number of halogens is 1. The van der Waals surface area contributed by atoms with Gasteiger partial charge in [-0.3, -0.25) is 9.69 Å². The molecule has 158 valence electrons. The molecule has 3 nitrogen and oxygen atoms in total. The second kappa shape index (κ2) is 10.2. The number of nitrogens with zero attached hydrogens (tertiary/aromatic N) is 1. The lowest BCUT2D eigenvalue weighted by Gasteiger charge is -2.15. The first-order chi connectivity index (χ1) is 15.2. The fourth-order valence-electron chi connectivity index (χ4n) is 3.81. The Bertz CT molecular complexity index is 1040. The topological polar surface area (TPSA) is 29.5 Å². The van der Waals surface area contributed by atoms with Gasteiger partial charge in [-0.1, -0.05) is 54.6 Å². The van der Waals surface area contributed by atoms with Gasteiger partial charge in [-0.25, -0.2) is 4.39 Å². The van der Waals surface area contributed by atoms with Crippen LogP contribution in [0.2, 0.25) is 0 Å². The molecule has 1 fully saturated rings. The zero-order valence-corrected chi connectivity index (χ0v) is 17.5. The Balaban J connectivity index is 1.53. The Morgan fingerprint density at radius 2 is 1.58 bits per heavy atom. The molecule has 4 heteroatoms. The summed E-state index contributed by atoms with van der Waals surface area (Å²) in [6.45, 7) is 3.92. The minimum Gasteiger partial charge on any atom is -0.492 e. The van der Waals surface area contributed by atoms with E-state index in [2.05, 4.69) is 4.90 Å². The fourth-order valence-corrected chi connectivity index (χ4v) is 3.81. The molecule has 0 radical (unpaired) electrons. The van der Waals surface area contributed by atoms with Crippen molar-refractivity contribution in [3.05, 3.63) is 101 Å². The molecule has 0 aliphatic carbocycles. The van der Waals surface area contributed by atoms with E-state index in [1.807, 2.05) is 54.6 Å². The first-order valence-corrected chi connectivity index (χ1v) is 10.7. The summed E-state index contributed by atoms with van der Waals surface area (Å²) in [4.78, 5) is 15.6. The van der Waals surface area contributed by atoms with Gasteiger partial charge in [0.05, 0.1) is 5.56 Å². The molecular formula is C27H26FNO2. The summed E-state index contributed by atoms with van der Waals surface area (Å²) in [6.07, 6.45) is 4.35. The molecule has 1 aliphatic heterocycles. The molecule has 0 aromatic heterocycles. The monoisotopic (exact) mass is 415 g/mol. The van der Waals surface area contributed by atoms with Gasteiger partial charge < -0.3 is 4.74 Å². The van der Waals surface area contributed by atoms with E-state index in [1.54, 1.807) is 18.2 Å². The van der Waals surface area contributed by atoms with E-state index in [0.29, 0.717) is 12.2 Å². The number of hydrogen-bond acceptors (Lipinski definition) is 3. The molecule has 0 saturated carbocycles. The molecule has 0 bridgehead atoms. The maximum atomic E-state index is 14.3. The molecule has 3 aromatic rings. The lowest BCUT2D eigenvalue weighted by Crippen LogP contribution is -2.25. The van der Waals surface area contributed by atoms with E-state index in [4.69, 9.17) is 4.74 Å². The third kappa shape index (κ3) is 5.47. The van der Waals surface area contributed by atoms with Crippen molar-refractivity contribution in [3.63, 3.8) is 0 Å². The number of rotatable bonds is 8. The van der Waals surface area contributed by atoms with Crippen molar-refractivity contribution >= 4 is 17.4 Å². The van der Waals surface area contributed by atoms with Crippen LogP contribution in [0.1, 0.15) is 34.3 Å². The average molecular weight is 416 g/mol. The average Bonchev–Trinajstić information content (AvgIpc) is 3.32. The zero-order valence-electron chi connectivity index (χ0n) is 17.5. The second-order valence-corrected chi connectivity index (χ2v) is 7.70. The summed E-state index contributed by atoms with van der Waals surface area (Å²) >= 11 is 0. The normalized spacial score (nSPS) is 14.5. The van der Waals surface area contributed by atoms with Crippen molar-refractivity contribution in [2.24, 2.45) is 0 Å². The van der Waals surface area contributed by atoms with Crippen LogP contribution in [-0.2, 0) is 0 Å². The minimum atomic E-state index is -0.518. The van der Waals surface area contributed by atoms with Crippen LogP contribution in [-0.4, -0.2) is 36.9 Å². The van der Waals surface area contributed by atoms with Crippen molar-refractivity contribution in [3.8, 4) is 5.75 Å². The summed E-state index contributed by atoms with van der Waals surface area (Å²) in [6, 6.07) is 23.1. The molecule has 0 atom stereocenters. The third-order valence-electron chi connectivity index (χ3n) is 5.51. The number of benzene rings is 3. The van der Waals surface area contributed by atoms with Crippen molar-refractivity contribution in [1.29, 1.82) is 0 Å². The highest BCUT2D eigenvalue weighted by Gasteiger charge is 2.18. The summed E-state index contributed by atoms with van der Waals surface area (Å²) in [5.74, 6) is -0.0515. The number of Topliss-reactive ketones (excluding diaryl/α,β-unsaturated/α-hetero) is 1. The highest BCUT2D eigenvalue weighted by atomic mass is 19.1. The first-order valence-electron chi connectivity index (χ1n) is 10.7. The maximum Gasteiger partial charge on any atom is 0.196 e. The summed E-state index contributed by atoms with van der Waals surface area (Å²) < 4.78 is 20.1. The van der Waals surface area contributed by atoms with Gasteiger partial charge in [-0.05, 0) is 67.4 Å². The lowest BCUT2D eigenvalue weighted by molar-refractivity contribution is 0.105. The van der Waals surface area contributed by atoms with E-state index >= 15 is 0 Å². The maximum absolute atomic E-state index is 14.3. The molecule has 1 heterocycles. The van der Waals surface area contributed by atoms with Crippen LogP contribution in [0.4, 0.5) is 4.39 Å². The summed E-state index contributed by atoms with van der Waals surface area (Å²) in [5, 5.41) is 0. The van der Waals surface area contributed by atoms with Gasteiger partial charge in [0.15, 0.2) is 5.78 Å². The number of likely N-dealkylation sites (tertiary alicyclic amines) is 1. The number of ether oxygens (including phenoxy) is 1. The number of carbonyl (C=O) groups excluding carboxylic acids is 1. The van der Waals surface area contributed by atoms with Gasteiger partial charge in [-0.15, -0.1) is 0 Å². The minimum absolute atomic E-state index is 0.0690. The Morgan fingerprint density at radius 1 is 0.903 bits per heavy atom. The van der Waals surface area contributed by atoms with E-state index < -0.39 is 5.82 Å². The second-order valence-electron chi connectivity index (χ2n) is 7.70. The zero-order chi connectivity index (χ0) is 21.5. The summed E-state index contributed by atoms with van der Waals surface area (Å²) in [5.41, 5.74) is 2.13. The van der Waals surface area contributed by atoms with Crippen molar-refractivity contribution in [1.82, 2.24) is 4.90 Å². The smallest absolute Gasteiger partial charge is 0.196 e. The van der Waals surface area contributed by atoms with E-state index in [-0.39, 0.29) is 11.3 Å². The molecule has 0 unspecified atom stereocenters. The molecular weight excluding hydrogens is 389 g/mol. The van der Waals surface area contributed by atoms with Gasteiger partial charge in [-0.2, -0.15) is 0 Å². The molecule has 31 heavy (non-hydrogen) atoms. The quantitative estimate of drug-likeness (QED) is 0.268. The van der Waals surface area contributed by atoms with Gasteiger partial charge in [0.2, 0.25) is 0 Å². The molecule has 0 N–H and O–H groups in total. The molecule has 0 spiro atoms. The predicted octanol–water partition coefficient (Wildman–Crippen LogP) is 5.72. The van der Waals surface area contributed by atoms with Crippen LogP contribution in [0.15, 0.2) is 78.9 Å². The van der Waals surface area contributed by atoms with Crippen LogP contribution in [0, 0.1) is 5.82 Å². The van der Waals surface area contributed by atoms with Gasteiger partial charge in [0.1, 0.15) is 18.2 Å². The number of carbonyl (C=O) groups is 1.